The second kappa shape index (κ2) is 22.9. The zero-order chi connectivity index (χ0) is 49.0. The van der Waals surface area contributed by atoms with E-state index in [1.807, 2.05) is 30.3 Å². The number of amides is 5. The smallest absolute Gasteiger partial charge is 0.257 e. The lowest BCUT2D eigenvalue weighted by Crippen LogP contribution is -2.56. The van der Waals surface area contributed by atoms with Gasteiger partial charge in [-0.15, -0.1) is 0 Å². The normalized spacial score (nSPS) is 16.5. The molecule has 4 bridgehead atoms. The van der Waals surface area contributed by atoms with Crippen molar-refractivity contribution in [3.8, 4) is 40.1 Å². The molecule has 10 N–H and O–H groups in total. The number of nitrogens with zero attached hydrogens (tertiary/aromatic N) is 5. The maximum atomic E-state index is 14.8. The van der Waals surface area contributed by atoms with Crippen LogP contribution in [0.4, 0.5) is 5.82 Å². The van der Waals surface area contributed by atoms with Crippen LogP contribution in [0.2, 0.25) is 0 Å². The van der Waals surface area contributed by atoms with Crippen molar-refractivity contribution in [3.63, 3.8) is 0 Å². The number of aromatic nitrogens is 2. The van der Waals surface area contributed by atoms with Crippen LogP contribution in [0.15, 0.2) is 66.9 Å². The van der Waals surface area contributed by atoms with Crippen molar-refractivity contribution >= 4 is 35.4 Å². The van der Waals surface area contributed by atoms with Crippen LogP contribution in [-0.4, -0.2) is 123 Å². The van der Waals surface area contributed by atoms with Gasteiger partial charge in [0.1, 0.15) is 66.8 Å². The molecule has 1 aromatic heterocycles. The Bertz CT molecular complexity index is 2470. The van der Waals surface area contributed by atoms with Crippen LogP contribution in [0.25, 0.3) is 22.5 Å². The third-order valence-electron chi connectivity index (χ3n) is 11.1. The molecule has 5 amide bonds. The zero-order valence-electron chi connectivity index (χ0n) is 39.1. The van der Waals surface area contributed by atoms with E-state index in [0.29, 0.717) is 45.4 Å². The Morgan fingerprint density at radius 3 is 2.13 bits per heavy atom. The van der Waals surface area contributed by atoms with E-state index >= 15 is 0 Å². The van der Waals surface area contributed by atoms with Crippen molar-refractivity contribution in [2.75, 3.05) is 65.4 Å². The summed E-state index contributed by atoms with van der Waals surface area (Å²) in [6.07, 6.45) is 1.39. The molecule has 356 valence electrons. The summed E-state index contributed by atoms with van der Waals surface area (Å²) in [5.41, 5.74) is 21.5. The van der Waals surface area contributed by atoms with Gasteiger partial charge >= 0.3 is 0 Å². The minimum absolute atomic E-state index is 0.00160. The Morgan fingerprint density at radius 2 is 1.54 bits per heavy atom. The van der Waals surface area contributed by atoms with E-state index in [4.69, 9.17) is 31.7 Å². The van der Waals surface area contributed by atoms with Crippen molar-refractivity contribution in [1.82, 2.24) is 36.1 Å². The highest BCUT2D eigenvalue weighted by Crippen LogP contribution is 2.40. The number of anilines is 1. The fourth-order valence-electron chi connectivity index (χ4n) is 7.50. The molecule has 1 aliphatic heterocycles. The third kappa shape index (κ3) is 12.6. The van der Waals surface area contributed by atoms with Crippen LogP contribution in [0.5, 0.6) is 11.5 Å². The third-order valence-corrected chi connectivity index (χ3v) is 11.1. The number of rotatable bonds is 16. The van der Waals surface area contributed by atoms with Gasteiger partial charge in [0.25, 0.3) is 5.91 Å². The topological polar surface area (TPSA) is 286 Å². The van der Waals surface area contributed by atoms with Gasteiger partial charge in [-0.1, -0.05) is 57.2 Å². The molecule has 0 spiro atoms. The predicted octanol–water partition coefficient (Wildman–Crippen LogP) is 1.68. The summed E-state index contributed by atoms with van der Waals surface area (Å²) in [4.78, 5) is 82.8. The lowest BCUT2D eigenvalue weighted by molar-refractivity contribution is -0.141. The van der Waals surface area contributed by atoms with Gasteiger partial charge in [0, 0.05) is 63.5 Å². The summed E-state index contributed by atoms with van der Waals surface area (Å²) in [6.45, 7) is 8.14. The molecule has 0 saturated heterocycles. The first-order valence-electron chi connectivity index (χ1n) is 22.0. The number of likely N-dealkylation sites (N-methyl/N-ethyl adjacent to an activating group) is 1. The molecule has 4 atom stereocenters. The van der Waals surface area contributed by atoms with Gasteiger partial charge in [0.15, 0.2) is 5.82 Å². The number of nitrogens with one attached hydrogen (secondary N) is 4. The Balaban J connectivity index is 1.58. The predicted molar refractivity (Wildman–Crippen MR) is 254 cm³/mol. The summed E-state index contributed by atoms with van der Waals surface area (Å²) in [6, 6.07) is 14.9. The van der Waals surface area contributed by atoms with Crippen LogP contribution < -0.4 is 52.8 Å². The Morgan fingerprint density at radius 1 is 0.896 bits per heavy atom. The first-order chi connectivity index (χ1) is 31.9. The molecule has 1 aliphatic rings. The Labute approximate surface area is 391 Å². The number of carbonyl (C=O) groups is 5. The number of nitrogens with two attached hydrogens (primary N) is 3. The van der Waals surface area contributed by atoms with E-state index in [2.05, 4.69) is 47.0 Å². The van der Waals surface area contributed by atoms with Crippen LogP contribution in [0.3, 0.4) is 0 Å². The quantitative estimate of drug-likeness (QED) is 0.0788. The molecule has 0 radical (unpaired) electrons. The van der Waals surface area contributed by atoms with E-state index in [0.717, 1.165) is 11.1 Å². The fourth-order valence-corrected chi connectivity index (χ4v) is 7.50. The van der Waals surface area contributed by atoms with Gasteiger partial charge < -0.3 is 57.7 Å². The Hall–Kier alpha value is -7.14. The average molecular weight is 919 g/mol. The molecule has 19 nitrogen and oxygen atoms in total. The van der Waals surface area contributed by atoms with E-state index < -0.39 is 53.7 Å². The number of nitriles is 1. The number of fused-ring (bicyclic) bond motifs is 5. The maximum Gasteiger partial charge on any atom is 0.257 e. The van der Waals surface area contributed by atoms with E-state index in [-0.39, 0.29) is 63.2 Å². The van der Waals surface area contributed by atoms with Crippen molar-refractivity contribution in [1.29, 1.82) is 5.26 Å². The highest BCUT2D eigenvalue weighted by Gasteiger charge is 2.36. The van der Waals surface area contributed by atoms with Gasteiger partial charge in [-0.2, -0.15) is 5.26 Å². The molecular formula is C48H62N12O7. The van der Waals surface area contributed by atoms with Gasteiger partial charge in [0.05, 0.1) is 6.07 Å². The molecule has 0 fully saturated rings. The molecule has 4 aromatic rings. The lowest BCUT2D eigenvalue weighted by atomic mass is 9.87. The lowest BCUT2D eigenvalue weighted by Gasteiger charge is -2.32. The molecule has 0 saturated carbocycles. The minimum atomic E-state index is -1.42. The minimum Gasteiger partial charge on any atom is -0.492 e. The summed E-state index contributed by atoms with van der Waals surface area (Å²) >= 11 is 0. The molecule has 5 rings (SSSR count). The van der Waals surface area contributed by atoms with E-state index in [1.54, 1.807) is 55.4 Å². The summed E-state index contributed by atoms with van der Waals surface area (Å²) < 4.78 is 12.2. The first-order valence-corrected chi connectivity index (χ1v) is 22.0. The standard InChI is InChI=1S/C48H62N12O7/c1-28-43(61)57-37(45(63)53-21-18-50)25-29-8-14-38(66-22-19-51)33(24-29)34-26-31(11-15-39(34)67-23-20-52)40(46(64)55-28)60(7)47(65)36(16-17-49)56-44(62)35-27-54-41(58-42(35)59(5)6)30-9-12-32(13-10-30)48(2,3)4/h8-15,24,26-28,36-37,40H,16-17,19-23,25,49,51-52H2,1-7H3,(H,53,63)(H,55,64)(H,56,62)(H,57,61)/t28-,36-,37-,40-/m0/s1. The largest absolute Gasteiger partial charge is 0.492 e. The van der Waals surface area contributed by atoms with Crippen LogP contribution in [0.1, 0.15) is 67.2 Å². The van der Waals surface area contributed by atoms with Gasteiger partial charge in [-0.25, -0.2) is 9.97 Å². The average Bonchev–Trinajstić information content (AvgIpc) is 3.30. The number of ether oxygens (including phenoxy) is 2. The number of hydrogen-bond acceptors (Lipinski definition) is 14. The Kier molecular flexibility index (Phi) is 17.3. The van der Waals surface area contributed by atoms with Gasteiger partial charge in [0.2, 0.25) is 23.6 Å². The molecular weight excluding hydrogens is 857 g/mol. The summed E-state index contributed by atoms with van der Waals surface area (Å²) in [5.74, 6) is -1.94. The number of benzene rings is 3. The second-order valence-electron chi connectivity index (χ2n) is 17.3. The summed E-state index contributed by atoms with van der Waals surface area (Å²) in [5, 5.41) is 19.9. The molecule has 3 aromatic carbocycles. The van der Waals surface area contributed by atoms with Crippen molar-refractivity contribution in [2.45, 2.75) is 70.1 Å². The SMILES string of the molecule is C[C@@H]1NC(=O)[C@@H](N(C)C(=O)[C@H](CCN)NC(=O)c2cnc(-c3ccc(C(C)(C)C)cc3)nc2N(C)C)c2ccc(OCCN)c(c2)-c2cc(ccc2OCCN)C[C@@H](C(=O)NCC#N)NC1=O. The highest BCUT2D eigenvalue weighted by molar-refractivity contribution is 6.02. The molecule has 2 heterocycles. The van der Waals surface area contributed by atoms with Crippen LogP contribution in [-0.2, 0) is 31.0 Å². The number of hydrogen-bond donors (Lipinski definition) is 7. The molecule has 0 aliphatic carbocycles. The molecule has 67 heavy (non-hydrogen) atoms. The van der Waals surface area contributed by atoms with Crippen LogP contribution in [0, 0.1) is 11.3 Å². The van der Waals surface area contributed by atoms with Crippen molar-refractivity contribution in [3.05, 3.63) is 89.1 Å². The van der Waals surface area contributed by atoms with E-state index in [9.17, 15) is 29.2 Å². The van der Waals surface area contributed by atoms with Crippen molar-refractivity contribution < 1.29 is 33.4 Å². The monoisotopic (exact) mass is 918 g/mol. The molecule has 19 heteroatoms. The van der Waals surface area contributed by atoms with E-state index in [1.165, 1.54) is 25.1 Å². The van der Waals surface area contributed by atoms with Crippen molar-refractivity contribution in [2.24, 2.45) is 17.2 Å². The summed E-state index contributed by atoms with van der Waals surface area (Å²) in [7, 11) is 4.89. The fraction of sp³-hybridized carbons (Fsp3) is 0.417. The van der Waals surface area contributed by atoms with Gasteiger partial charge in [-0.05, 0) is 66.3 Å². The first kappa shape index (κ1) is 50.9. The number of carbonyl (C=O) groups excluding carboxylic acids is 5. The zero-order valence-corrected chi connectivity index (χ0v) is 39.1. The highest BCUT2D eigenvalue weighted by atomic mass is 16.5. The maximum absolute atomic E-state index is 14.8. The van der Waals surface area contributed by atoms with Crippen LogP contribution >= 0.6 is 0 Å². The van der Waals surface area contributed by atoms with Gasteiger partial charge in [-0.3, -0.25) is 24.0 Å². The second-order valence-corrected chi connectivity index (χ2v) is 17.3. The molecule has 0 unspecified atom stereocenters.